The van der Waals surface area contributed by atoms with E-state index in [9.17, 15) is 0 Å². The zero-order chi connectivity index (χ0) is 33.0. The van der Waals surface area contributed by atoms with Crippen molar-refractivity contribution in [2.75, 3.05) is 0 Å². The molecule has 0 aliphatic heterocycles. The first-order valence-corrected chi connectivity index (χ1v) is 16.7. The van der Waals surface area contributed by atoms with E-state index in [0.717, 1.165) is 99.5 Å². The zero-order valence-corrected chi connectivity index (χ0v) is 26.8. The predicted molar refractivity (Wildman–Crippen MR) is 205 cm³/mol. The van der Waals surface area contributed by atoms with Gasteiger partial charge in [0.05, 0.1) is 50.4 Å². The highest BCUT2D eigenvalue weighted by Crippen LogP contribution is 2.39. The minimum Gasteiger partial charge on any atom is -0.254 e. The van der Waals surface area contributed by atoms with Gasteiger partial charge in [-0.1, -0.05) is 127 Å². The van der Waals surface area contributed by atoms with E-state index < -0.39 is 0 Å². The number of nitrogens with zero attached hydrogens (tertiary/aromatic N) is 5. The topological polar surface area (TPSA) is 64.5 Å². The van der Waals surface area contributed by atoms with E-state index in [1.54, 1.807) is 0 Å². The molecular formula is C45H27N5. The lowest BCUT2D eigenvalue weighted by atomic mass is 9.97. The van der Waals surface area contributed by atoms with Gasteiger partial charge in [0, 0.05) is 55.4 Å². The Morgan fingerprint density at radius 3 is 1.72 bits per heavy atom. The minimum atomic E-state index is 0.845. The molecule has 5 nitrogen and oxygen atoms in total. The average molecular weight is 638 g/mol. The third-order valence-electron chi connectivity index (χ3n) is 9.48. The number of rotatable bonds is 4. The summed E-state index contributed by atoms with van der Waals surface area (Å²) < 4.78 is 0. The predicted octanol–water partition coefficient (Wildman–Crippen LogP) is 11.1. The van der Waals surface area contributed by atoms with E-state index in [0.29, 0.717) is 0 Å². The number of aromatic nitrogens is 5. The van der Waals surface area contributed by atoms with E-state index in [2.05, 4.69) is 114 Å². The highest BCUT2D eigenvalue weighted by atomic mass is 14.8. The monoisotopic (exact) mass is 637 g/mol. The fourth-order valence-corrected chi connectivity index (χ4v) is 7.05. The maximum Gasteiger partial charge on any atom is 0.0980 e. The van der Waals surface area contributed by atoms with Crippen LogP contribution >= 0.6 is 0 Å². The van der Waals surface area contributed by atoms with Crippen LogP contribution in [0.2, 0.25) is 0 Å². The zero-order valence-electron chi connectivity index (χ0n) is 26.8. The Bertz CT molecular complexity index is 2900. The lowest BCUT2D eigenvalue weighted by Gasteiger charge is -2.15. The Morgan fingerprint density at radius 2 is 0.940 bits per heavy atom. The number of hydrogen-bond acceptors (Lipinski definition) is 5. The van der Waals surface area contributed by atoms with Crippen molar-refractivity contribution < 1.29 is 0 Å². The molecule has 232 valence electrons. The van der Waals surface area contributed by atoms with Crippen LogP contribution in [0.4, 0.5) is 0 Å². The number of fused-ring (bicyclic) bond motifs is 8. The second kappa shape index (κ2) is 11.4. The molecule has 0 spiro atoms. The highest BCUT2D eigenvalue weighted by molar-refractivity contribution is 6.21. The Morgan fingerprint density at radius 1 is 0.320 bits per heavy atom. The Balaban J connectivity index is 1.17. The van der Waals surface area contributed by atoms with Gasteiger partial charge in [-0.3, -0.25) is 4.98 Å². The summed E-state index contributed by atoms with van der Waals surface area (Å²) >= 11 is 0. The van der Waals surface area contributed by atoms with Gasteiger partial charge in [-0.2, -0.15) is 0 Å². The summed E-state index contributed by atoms with van der Waals surface area (Å²) in [6.07, 6.45) is 1.82. The van der Waals surface area contributed by atoms with Gasteiger partial charge in [-0.25, -0.2) is 19.9 Å². The van der Waals surface area contributed by atoms with E-state index in [4.69, 9.17) is 19.9 Å². The van der Waals surface area contributed by atoms with E-state index in [1.807, 2.05) is 54.7 Å². The van der Waals surface area contributed by atoms with Crippen molar-refractivity contribution in [1.29, 1.82) is 0 Å². The molecule has 0 fully saturated rings. The van der Waals surface area contributed by atoms with Gasteiger partial charge in [-0.15, -0.1) is 0 Å². The quantitative estimate of drug-likeness (QED) is 0.180. The summed E-state index contributed by atoms with van der Waals surface area (Å²) in [5, 5.41) is 5.29. The van der Waals surface area contributed by atoms with Crippen LogP contribution in [0.1, 0.15) is 0 Å². The molecule has 0 aliphatic carbocycles. The highest BCUT2D eigenvalue weighted by Gasteiger charge is 2.19. The number of para-hydroxylation sites is 1. The molecule has 0 saturated carbocycles. The van der Waals surface area contributed by atoms with Crippen molar-refractivity contribution >= 4 is 54.5 Å². The van der Waals surface area contributed by atoms with Crippen molar-refractivity contribution in [3.05, 3.63) is 164 Å². The summed E-state index contributed by atoms with van der Waals surface area (Å²) in [5.41, 5.74) is 12.1. The lowest BCUT2D eigenvalue weighted by Crippen LogP contribution is -1.98. The van der Waals surface area contributed by atoms with Gasteiger partial charge in [0.2, 0.25) is 0 Å². The standard InChI is InChI=1S/C45H27N5/c1-3-10-29(11-4-1)43-44(30-12-5-2-6-13-30)50-45-38(49-43)26-24-35-39(45)34-15-7-8-16-37(34)48-40(35)32-19-17-28(18-20-32)36-25-23-33-22-21-31-14-9-27-46-41(31)42(33)47-36/h1-27H. The molecule has 0 aliphatic rings. The first kappa shape index (κ1) is 28.2. The largest absolute Gasteiger partial charge is 0.254 e. The Hall–Kier alpha value is -6.85. The molecule has 4 heterocycles. The molecule has 0 atom stereocenters. The summed E-state index contributed by atoms with van der Waals surface area (Å²) in [6, 6.07) is 54.2. The maximum atomic E-state index is 5.43. The molecule has 6 aromatic carbocycles. The molecule has 0 radical (unpaired) electrons. The summed E-state index contributed by atoms with van der Waals surface area (Å²) in [6.45, 7) is 0. The molecule has 0 unspecified atom stereocenters. The first-order valence-electron chi connectivity index (χ1n) is 16.7. The van der Waals surface area contributed by atoms with Crippen molar-refractivity contribution in [3.63, 3.8) is 0 Å². The molecule has 50 heavy (non-hydrogen) atoms. The molecule has 5 heteroatoms. The average Bonchev–Trinajstić information content (AvgIpc) is 3.20. The molecule has 10 aromatic rings. The molecule has 10 rings (SSSR count). The van der Waals surface area contributed by atoms with Gasteiger partial charge in [-0.05, 0) is 30.3 Å². The van der Waals surface area contributed by atoms with Gasteiger partial charge in [0.25, 0.3) is 0 Å². The fourth-order valence-electron chi connectivity index (χ4n) is 7.05. The van der Waals surface area contributed by atoms with Crippen LogP contribution < -0.4 is 0 Å². The minimum absolute atomic E-state index is 0.845. The molecular weight excluding hydrogens is 611 g/mol. The third-order valence-corrected chi connectivity index (χ3v) is 9.48. The van der Waals surface area contributed by atoms with Crippen LogP contribution in [-0.4, -0.2) is 24.9 Å². The van der Waals surface area contributed by atoms with Crippen molar-refractivity contribution in [3.8, 4) is 45.0 Å². The lowest BCUT2D eigenvalue weighted by molar-refractivity contribution is 1.30. The van der Waals surface area contributed by atoms with Gasteiger partial charge < -0.3 is 0 Å². The first-order chi connectivity index (χ1) is 24.8. The number of benzene rings is 6. The second-order valence-electron chi connectivity index (χ2n) is 12.5. The molecule has 4 aromatic heterocycles. The van der Waals surface area contributed by atoms with Crippen LogP contribution in [0.25, 0.3) is 99.5 Å². The summed E-state index contributed by atoms with van der Waals surface area (Å²) in [4.78, 5) is 25.6. The van der Waals surface area contributed by atoms with Crippen LogP contribution in [-0.2, 0) is 0 Å². The summed E-state index contributed by atoms with van der Waals surface area (Å²) in [5.74, 6) is 0. The molecule has 0 N–H and O–H groups in total. The smallest absolute Gasteiger partial charge is 0.0980 e. The van der Waals surface area contributed by atoms with Crippen LogP contribution in [0.5, 0.6) is 0 Å². The van der Waals surface area contributed by atoms with E-state index in [-0.39, 0.29) is 0 Å². The maximum absolute atomic E-state index is 5.43. The van der Waals surface area contributed by atoms with E-state index >= 15 is 0 Å². The molecule has 0 amide bonds. The third kappa shape index (κ3) is 4.60. The van der Waals surface area contributed by atoms with Crippen LogP contribution in [0.15, 0.2) is 164 Å². The van der Waals surface area contributed by atoms with Crippen molar-refractivity contribution in [2.45, 2.75) is 0 Å². The van der Waals surface area contributed by atoms with E-state index in [1.165, 1.54) is 0 Å². The molecule has 0 saturated heterocycles. The Kier molecular flexibility index (Phi) is 6.42. The fraction of sp³-hybridized carbons (Fsp3) is 0. The number of hydrogen-bond donors (Lipinski definition) is 0. The van der Waals surface area contributed by atoms with Gasteiger partial charge in [0.15, 0.2) is 0 Å². The normalized spacial score (nSPS) is 11.6. The van der Waals surface area contributed by atoms with Crippen molar-refractivity contribution in [2.24, 2.45) is 0 Å². The van der Waals surface area contributed by atoms with Crippen LogP contribution in [0, 0.1) is 0 Å². The summed E-state index contributed by atoms with van der Waals surface area (Å²) in [7, 11) is 0. The molecule has 0 bridgehead atoms. The van der Waals surface area contributed by atoms with Crippen LogP contribution in [0.3, 0.4) is 0 Å². The Labute approximate surface area is 287 Å². The van der Waals surface area contributed by atoms with Gasteiger partial charge in [0.1, 0.15) is 0 Å². The van der Waals surface area contributed by atoms with Crippen molar-refractivity contribution in [1.82, 2.24) is 24.9 Å². The SMILES string of the molecule is c1ccc(-c2nc3ccc4c(-c5ccc(-c6ccc7ccc8cccnc8c7n6)cc5)nc5ccccc5c4c3nc2-c2ccccc2)cc1. The van der Waals surface area contributed by atoms with Gasteiger partial charge >= 0.3 is 0 Å². The number of pyridine rings is 3. The second-order valence-corrected chi connectivity index (χ2v) is 12.5.